The molecule has 1 atom stereocenters. The summed E-state index contributed by atoms with van der Waals surface area (Å²) in [5, 5.41) is 16.1. The van der Waals surface area contributed by atoms with Crippen molar-refractivity contribution in [3.05, 3.63) is 52.2 Å². The molecule has 1 saturated heterocycles. The van der Waals surface area contributed by atoms with E-state index in [1.54, 1.807) is 44.0 Å². The Morgan fingerprint density at radius 3 is 2.42 bits per heavy atom. The fourth-order valence-electron chi connectivity index (χ4n) is 4.65. The number of anilines is 2. The molecule has 0 N–H and O–H groups in total. The molecule has 4 rings (SSSR count). The molecule has 3 aromatic rings. The summed E-state index contributed by atoms with van der Waals surface area (Å²) in [6, 6.07) is 7.27. The molecule has 13 nitrogen and oxygen atoms in total. The lowest BCUT2D eigenvalue weighted by Crippen LogP contribution is -2.46. The molecular formula is C30H40N6O7. The Kier molecular flexibility index (Phi) is 8.84. The van der Waals surface area contributed by atoms with E-state index in [0.717, 1.165) is 5.56 Å². The zero-order valence-corrected chi connectivity index (χ0v) is 26.0. The second kappa shape index (κ2) is 12.1. The minimum Gasteiger partial charge on any atom is -0.472 e. The predicted octanol–water partition coefficient (Wildman–Crippen LogP) is 6.61. The van der Waals surface area contributed by atoms with Gasteiger partial charge in [0, 0.05) is 30.3 Å². The Bertz CT molecular complexity index is 1500. The predicted molar refractivity (Wildman–Crippen MR) is 160 cm³/mol. The average molecular weight is 597 g/mol. The standard InChI is InChI=1S/C30H40N6O7/c1-19(2)23-17-31-35-25(34(28(38)43-30(6,7)8)20-11-9-12-21(15-20)36(39)40)16-24(32-26(23)35)41-22-13-10-14-33(18-22)27(37)42-29(3,4)5/h9,11-12,15-17,19,22H,10,13-14,18H2,1-8H3/t22-/m0/s1. The van der Waals surface area contributed by atoms with Gasteiger partial charge in [0.1, 0.15) is 17.3 Å². The molecular weight excluding hydrogens is 556 g/mol. The minimum atomic E-state index is -0.859. The fourth-order valence-corrected chi connectivity index (χ4v) is 4.65. The summed E-state index contributed by atoms with van der Waals surface area (Å²) in [7, 11) is 0. The van der Waals surface area contributed by atoms with Crippen molar-refractivity contribution in [3.63, 3.8) is 0 Å². The molecule has 43 heavy (non-hydrogen) atoms. The van der Waals surface area contributed by atoms with E-state index in [9.17, 15) is 19.7 Å². The van der Waals surface area contributed by atoms with Crippen LogP contribution in [-0.2, 0) is 9.47 Å². The van der Waals surface area contributed by atoms with Crippen LogP contribution in [0.25, 0.3) is 5.65 Å². The first-order valence-electron chi connectivity index (χ1n) is 14.3. The maximum absolute atomic E-state index is 13.7. The van der Waals surface area contributed by atoms with Gasteiger partial charge in [-0.25, -0.2) is 14.5 Å². The number of rotatable bonds is 6. The molecule has 0 saturated carbocycles. The Labute approximate surface area is 250 Å². The molecule has 13 heteroatoms. The van der Waals surface area contributed by atoms with Crippen LogP contribution in [-0.4, -0.2) is 67.0 Å². The van der Waals surface area contributed by atoms with Crippen LogP contribution >= 0.6 is 0 Å². The first-order chi connectivity index (χ1) is 20.0. The summed E-state index contributed by atoms with van der Waals surface area (Å²) in [6.45, 7) is 15.5. The molecule has 2 amide bonds. The number of likely N-dealkylation sites (tertiary alicyclic amines) is 1. The Morgan fingerprint density at radius 1 is 1.09 bits per heavy atom. The number of carbonyl (C=O) groups excluding carboxylic acids is 2. The summed E-state index contributed by atoms with van der Waals surface area (Å²) < 4.78 is 19.2. The van der Waals surface area contributed by atoms with E-state index in [-0.39, 0.29) is 35.1 Å². The van der Waals surface area contributed by atoms with E-state index in [2.05, 4.69) is 5.10 Å². The quantitative estimate of drug-likeness (QED) is 0.227. The van der Waals surface area contributed by atoms with Gasteiger partial charge >= 0.3 is 12.2 Å². The number of hydrogen-bond donors (Lipinski definition) is 0. The van der Waals surface area contributed by atoms with Crippen LogP contribution in [0.15, 0.2) is 36.5 Å². The van der Waals surface area contributed by atoms with Crippen molar-refractivity contribution in [1.82, 2.24) is 19.5 Å². The van der Waals surface area contributed by atoms with E-state index in [1.165, 1.54) is 27.6 Å². The Morgan fingerprint density at radius 2 is 1.79 bits per heavy atom. The number of nitro benzene ring substituents is 1. The van der Waals surface area contributed by atoms with Crippen LogP contribution in [0.2, 0.25) is 0 Å². The van der Waals surface area contributed by atoms with Crippen molar-refractivity contribution in [2.75, 3.05) is 18.0 Å². The van der Waals surface area contributed by atoms with E-state index >= 15 is 0 Å². The second-order valence-electron chi connectivity index (χ2n) is 12.8. The van der Waals surface area contributed by atoms with Crippen molar-refractivity contribution in [3.8, 4) is 5.88 Å². The molecule has 1 aliphatic rings. The number of nitrogens with zero attached hydrogens (tertiary/aromatic N) is 6. The van der Waals surface area contributed by atoms with Gasteiger partial charge in [-0.05, 0) is 66.4 Å². The lowest BCUT2D eigenvalue weighted by atomic mass is 10.1. The fraction of sp³-hybridized carbons (Fsp3) is 0.533. The molecule has 1 aliphatic heterocycles. The molecule has 232 valence electrons. The third-order valence-corrected chi connectivity index (χ3v) is 6.50. The maximum atomic E-state index is 13.7. The lowest BCUT2D eigenvalue weighted by molar-refractivity contribution is -0.384. The molecule has 0 unspecified atom stereocenters. The normalized spacial score (nSPS) is 15.8. The summed E-state index contributed by atoms with van der Waals surface area (Å²) in [5.41, 5.74) is -0.200. The zero-order valence-electron chi connectivity index (χ0n) is 26.0. The third kappa shape index (κ3) is 7.70. The largest absolute Gasteiger partial charge is 0.472 e. The van der Waals surface area contributed by atoms with E-state index < -0.39 is 28.3 Å². The van der Waals surface area contributed by atoms with Gasteiger partial charge in [0.25, 0.3) is 5.69 Å². The van der Waals surface area contributed by atoms with Gasteiger partial charge in [0.05, 0.1) is 23.4 Å². The van der Waals surface area contributed by atoms with Crippen molar-refractivity contribution in [2.45, 2.75) is 91.5 Å². The van der Waals surface area contributed by atoms with Gasteiger partial charge in [0.2, 0.25) is 5.88 Å². The summed E-state index contributed by atoms with van der Waals surface area (Å²) in [6.07, 6.45) is 1.50. The number of non-ortho nitro benzene ring substituents is 1. The van der Waals surface area contributed by atoms with Crippen molar-refractivity contribution in [1.29, 1.82) is 0 Å². The van der Waals surface area contributed by atoms with Crippen molar-refractivity contribution < 1.29 is 28.7 Å². The number of hydrogen-bond acceptors (Lipinski definition) is 9. The highest BCUT2D eigenvalue weighted by Crippen LogP contribution is 2.34. The Hall–Kier alpha value is -4.42. The monoisotopic (exact) mass is 596 g/mol. The highest BCUT2D eigenvalue weighted by Gasteiger charge is 2.32. The van der Waals surface area contributed by atoms with Gasteiger partial charge in [-0.15, -0.1) is 0 Å². The van der Waals surface area contributed by atoms with E-state index in [0.29, 0.717) is 31.6 Å². The number of benzene rings is 1. The van der Waals surface area contributed by atoms with Crippen LogP contribution in [0, 0.1) is 10.1 Å². The number of ether oxygens (including phenoxy) is 3. The maximum Gasteiger partial charge on any atom is 0.420 e. The van der Waals surface area contributed by atoms with Gasteiger partial charge in [-0.1, -0.05) is 19.9 Å². The highest BCUT2D eigenvalue weighted by atomic mass is 16.6. The van der Waals surface area contributed by atoms with Crippen LogP contribution < -0.4 is 9.64 Å². The van der Waals surface area contributed by atoms with Crippen molar-refractivity contribution >= 4 is 35.0 Å². The summed E-state index contributed by atoms with van der Waals surface area (Å²) in [5.74, 6) is 0.472. The third-order valence-electron chi connectivity index (χ3n) is 6.50. The molecule has 1 aromatic carbocycles. The molecule has 1 fully saturated rings. The SMILES string of the molecule is CC(C)c1cnn2c(N(C(=O)OC(C)(C)C)c3cccc([N+](=O)[O-])c3)cc(O[C@H]3CCCN(C(=O)OC(C)(C)C)C3)nc12. The number of piperidine rings is 1. The second-order valence-corrected chi connectivity index (χ2v) is 12.8. The number of nitro groups is 1. The average Bonchev–Trinajstić information content (AvgIpc) is 3.32. The van der Waals surface area contributed by atoms with Gasteiger partial charge in [0.15, 0.2) is 11.5 Å². The molecule has 0 spiro atoms. The van der Waals surface area contributed by atoms with Gasteiger partial charge in [-0.2, -0.15) is 14.6 Å². The topological polar surface area (TPSA) is 142 Å². The summed E-state index contributed by atoms with van der Waals surface area (Å²) >= 11 is 0. The number of carbonyl (C=O) groups is 2. The van der Waals surface area contributed by atoms with Crippen molar-refractivity contribution in [2.24, 2.45) is 0 Å². The number of amides is 2. The van der Waals surface area contributed by atoms with E-state index in [1.807, 2.05) is 34.6 Å². The molecule has 0 radical (unpaired) electrons. The Balaban J connectivity index is 1.80. The minimum absolute atomic E-state index is 0.0400. The van der Waals surface area contributed by atoms with Crippen LogP contribution in [0.5, 0.6) is 5.88 Å². The molecule has 0 aliphatic carbocycles. The van der Waals surface area contributed by atoms with Crippen LogP contribution in [0.3, 0.4) is 0 Å². The summed E-state index contributed by atoms with van der Waals surface area (Å²) in [4.78, 5) is 45.2. The smallest absolute Gasteiger partial charge is 0.420 e. The first kappa shape index (κ1) is 31.5. The number of aromatic nitrogens is 3. The lowest BCUT2D eigenvalue weighted by Gasteiger charge is -2.34. The van der Waals surface area contributed by atoms with E-state index in [4.69, 9.17) is 19.2 Å². The van der Waals surface area contributed by atoms with Gasteiger partial charge < -0.3 is 19.1 Å². The molecule has 2 aromatic heterocycles. The van der Waals surface area contributed by atoms with Gasteiger partial charge in [-0.3, -0.25) is 10.1 Å². The zero-order chi connectivity index (χ0) is 31.7. The first-order valence-corrected chi connectivity index (χ1v) is 14.3. The van der Waals surface area contributed by atoms with Crippen LogP contribution in [0.1, 0.15) is 79.7 Å². The molecule has 0 bridgehead atoms. The number of fused-ring (bicyclic) bond motifs is 1. The highest BCUT2D eigenvalue weighted by molar-refractivity contribution is 5.96. The molecule has 3 heterocycles. The van der Waals surface area contributed by atoms with Crippen LogP contribution in [0.4, 0.5) is 26.8 Å².